The van der Waals surface area contributed by atoms with Crippen LogP contribution in [0.4, 0.5) is 0 Å². The summed E-state index contributed by atoms with van der Waals surface area (Å²) in [6, 6.07) is 14.9. The minimum Gasteiger partial charge on any atom is -0.289 e. The molecule has 2 aromatic rings. The number of hydrogen-bond acceptors (Lipinski definition) is 1. The van der Waals surface area contributed by atoms with Crippen molar-refractivity contribution in [3.8, 4) is 0 Å². The summed E-state index contributed by atoms with van der Waals surface area (Å²) < 4.78 is 0. The third-order valence-electron chi connectivity index (χ3n) is 2.85. The van der Waals surface area contributed by atoms with Gasteiger partial charge >= 0.3 is 0 Å². The van der Waals surface area contributed by atoms with Gasteiger partial charge in [-0.2, -0.15) is 0 Å². The summed E-state index contributed by atoms with van der Waals surface area (Å²) >= 11 is 6.05. The molecule has 0 saturated carbocycles. The van der Waals surface area contributed by atoms with Crippen LogP contribution in [0.5, 0.6) is 0 Å². The highest BCUT2D eigenvalue weighted by Crippen LogP contribution is 2.19. The molecule has 0 aliphatic heterocycles. The Labute approximate surface area is 112 Å². The first-order valence-electron chi connectivity index (χ1n) is 6.10. The van der Waals surface area contributed by atoms with Crippen LogP contribution < -0.4 is 0 Å². The zero-order valence-corrected chi connectivity index (χ0v) is 11.1. The maximum absolute atomic E-state index is 12.3. The number of ketones is 1. The van der Waals surface area contributed by atoms with Crippen molar-refractivity contribution in [1.29, 1.82) is 0 Å². The lowest BCUT2D eigenvalue weighted by atomic mass is 10.00. The first kappa shape index (κ1) is 12.8. The molecule has 0 N–H and O–H groups in total. The van der Waals surface area contributed by atoms with E-state index in [0.29, 0.717) is 16.1 Å². The van der Waals surface area contributed by atoms with Crippen molar-refractivity contribution in [2.45, 2.75) is 19.8 Å². The average molecular weight is 259 g/mol. The summed E-state index contributed by atoms with van der Waals surface area (Å²) in [5.74, 6) is -0.0152. The lowest BCUT2D eigenvalue weighted by Crippen LogP contribution is -2.02. The molecule has 0 aliphatic carbocycles. The SMILES string of the molecule is CCCc1cccc(C(=O)c2ccccc2Cl)c1. The predicted octanol–water partition coefficient (Wildman–Crippen LogP) is 4.52. The van der Waals surface area contributed by atoms with Gasteiger partial charge in [0.05, 0.1) is 5.02 Å². The fourth-order valence-corrected chi connectivity index (χ4v) is 2.18. The molecule has 0 radical (unpaired) electrons. The quantitative estimate of drug-likeness (QED) is 0.737. The summed E-state index contributed by atoms with van der Waals surface area (Å²) in [6.45, 7) is 2.13. The van der Waals surface area contributed by atoms with E-state index in [1.54, 1.807) is 12.1 Å². The Morgan fingerprint density at radius 1 is 1.11 bits per heavy atom. The molecule has 0 aromatic heterocycles. The number of hydrogen-bond donors (Lipinski definition) is 0. The van der Waals surface area contributed by atoms with Crippen molar-refractivity contribution in [3.05, 3.63) is 70.2 Å². The van der Waals surface area contributed by atoms with Crippen LogP contribution in [0.3, 0.4) is 0 Å². The molecule has 0 bridgehead atoms. The summed E-state index contributed by atoms with van der Waals surface area (Å²) in [5, 5.41) is 0.503. The van der Waals surface area contributed by atoms with Gasteiger partial charge in [0.1, 0.15) is 0 Å². The number of carbonyl (C=O) groups excluding carboxylic acids is 1. The van der Waals surface area contributed by atoms with Crippen LogP contribution in [-0.2, 0) is 6.42 Å². The molecule has 0 spiro atoms. The van der Waals surface area contributed by atoms with Crippen LogP contribution in [0.2, 0.25) is 5.02 Å². The molecular formula is C16H15ClO. The van der Waals surface area contributed by atoms with Crippen molar-refractivity contribution in [2.75, 3.05) is 0 Å². The molecule has 0 unspecified atom stereocenters. The molecule has 2 heteroatoms. The number of carbonyl (C=O) groups is 1. The number of rotatable bonds is 4. The molecule has 0 atom stereocenters. The monoisotopic (exact) mass is 258 g/mol. The molecule has 2 rings (SSSR count). The molecule has 0 heterocycles. The summed E-state index contributed by atoms with van der Waals surface area (Å²) in [7, 11) is 0. The van der Waals surface area contributed by atoms with E-state index >= 15 is 0 Å². The largest absolute Gasteiger partial charge is 0.289 e. The molecule has 0 aliphatic rings. The Kier molecular flexibility index (Phi) is 4.16. The van der Waals surface area contributed by atoms with Crippen molar-refractivity contribution in [1.82, 2.24) is 0 Å². The summed E-state index contributed by atoms with van der Waals surface area (Å²) in [4.78, 5) is 12.3. The van der Waals surface area contributed by atoms with Gasteiger partial charge in [-0.25, -0.2) is 0 Å². The highest BCUT2D eigenvalue weighted by Gasteiger charge is 2.12. The van der Waals surface area contributed by atoms with E-state index in [1.165, 1.54) is 5.56 Å². The number of aryl methyl sites for hydroxylation is 1. The Balaban J connectivity index is 2.34. The van der Waals surface area contributed by atoms with Crippen LogP contribution >= 0.6 is 11.6 Å². The first-order chi connectivity index (χ1) is 8.72. The molecule has 0 saturated heterocycles. The second-order valence-corrected chi connectivity index (χ2v) is 4.67. The Bertz CT molecular complexity index is 561. The smallest absolute Gasteiger partial charge is 0.194 e. The number of benzene rings is 2. The van der Waals surface area contributed by atoms with Crippen LogP contribution in [0.1, 0.15) is 34.8 Å². The number of halogens is 1. The second kappa shape index (κ2) is 5.83. The zero-order chi connectivity index (χ0) is 13.0. The molecule has 2 aromatic carbocycles. The van der Waals surface area contributed by atoms with E-state index in [4.69, 9.17) is 11.6 Å². The minimum atomic E-state index is -0.0152. The molecule has 92 valence electrons. The Hall–Kier alpha value is -1.60. The Morgan fingerprint density at radius 2 is 1.89 bits per heavy atom. The second-order valence-electron chi connectivity index (χ2n) is 4.26. The van der Waals surface area contributed by atoms with E-state index in [9.17, 15) is 4.79 Å². The minimum absolute atomic E-state index is 0.0152. The third kappa shape index (κ3) is 2.80. The predicted molar refractivity (Wildman–Crippen MR) is 75.3 cm³/mol. The normalized spacial score (nSPS) is 10.3. The molecule has 1 nitrogen and oxygen atoms in total. The topological polar surface area (TPSA) is 17.1 Å². The fourth-order valence-electron chi connectivity index (χ4n) is 1.96. The van der Waals surface area contributed by atoms with Crippen LogP contribution in [0.25, 0.3) is 0 Å². The van der Waals surface area contributed by atoms with Crippen molar-refractivity contribution >= 4 is 17.4 Å². The van der Waals surface area contributed by atoms with Crippen LogP contribution in [0, 0.1) is 0 Å². The summed E-state index contributed by atoms with van der Waals surface area (Å²) in [5.41, 5.74) is 2.46. The summed E-state index contributed by atoms with van der Waals surface area (Å²) in [6.07, 6.45) is 2.06. The molecule has 0 fully saturated rings. The van der Waals surface area contributed by atoms with Gasteiger partial charge in [-0.15, -0.1) is 0 Å². The van der Waals surface area contributed by atoms with E-state index in [2.05, 4.69) is 6.92 Å². The third-order valence-corrected chi connectivity index (χ3v) is 3.18. The highest BCUT2D eigenvalue weighted by molar-refractivity contribution is 6.34. The van der Waals surface area contributed by atoms with E-state index in [1.807, 2.05) is 36.4 Å². The van der Waals surface area contributed by atoms with Gasteiger partial charge in [-0.05, 0) is 30.2 Å². The lowest BCUT2D eigenvalue weighted by molar-refractivity contribution is 0.103. The van der Waals surface area contributed by atoms with Crippen molar-refractivity contribution in [2.24, 2.45) is 0 Å². The van der Waals surface area contributed by atoms with E-state index in [0.717, 1.165) is 12.8 Å². The maximum Gasteiger partial charge on any atom is 0.194 e. The van der Waals surface area contributed by atoms with Crippen LogP contribution in [-0.4, -0.2) is 5.78 Å². The van der Waals surface area contributed by atoms with Gasteiger partial charge in [0.15, 0.2) is 5.78 Å². The fraction of sp³-hybridized carbons (Fsp3) is 0.188. The van der Waals surface area contributed by atoms with Crippen LogP contribution in [0.15, 0.2) is 48.5 Å². The first-order valence-corrected chi connectivity index (χ1v) is 6.48. The maximum atomic E-state index is 12.3. The van der Waals surface area contributed by atoms with Crippen molar-refractivity contribution < 1.29 is 4.79 Å². The van der Waals surface area contributed by atoms with E-state index < -0.39 is 0 Å². The standard InChI is InChI=1S/C16H15ClO/c1-2-6-12-7-5-8-13(11-12)16(18)14-9-3-4-10-15(14)17/h3-5,7-11H,2,6H2,1H3. The Morgan fingerprint density at radius 3 is 2.61 bits per heavy atom. The van der Waals surface area contributed by atoms with Gasteiger partial charge < -0.3 is 0 Å². The molecular weight excluding hydrogens is 244 g/mol. The van der Waals surface area contributed by atoms with Gasteiger partial charge in [0.25, 0.3) is 0 Å². The van der Waals surface area contributed by atoms with E-state index in [-0.39, 0.29) is 5.78 Å². The highest BCUT2D eigenvalue weighted by atomic mass is 35.5. The lowest BCUT2D eigenvalue weighted by Gasteiger charge is -2.05. The molecule has 18 heavy (non-hydrogen) atoms. The molecule has 0 amide bonds. The van der Waals surface area contributed by atoms with Gasteiger partial charge in [0.2, 0.25) is 0 Å². The van der Waals surface area contributed by atoms with Gasteiger partial charge in [-0.1, -0.05) is 55.3 Å². The van der Waals surface area contributed by atoms with Crippen molar-refractivity contribution in [3.63, 3.8) is 0 Å². The average Bonchev–Trinajstić information content (AvgIpc) is 2.39. The van der Waals surface area contributed by atoms with Gasteiger partial charge in [-0.3, -0.25) is 4.79 Å². The zero-order valence-electron chi connectivity index (χ0n) is 10.3. The van der Waals surface area contributed by atoms with Gasteiger partial charge in [0, 0.05) is 11.1 Å².